The van der Waals surface area contributed by atoms with Crippen molar-refractivity contribution in [1.82, 2.24) is 9.88 Å². The second-order valence-corrected chi connectivity index (χ2v) is 5.72. The number of hydrogen-bond acceptors (Lipinski definition) is 3. The minimum atomic E-state index is -0.0508. The van der Waals surface area contributed by atoms with Crippen LogP contribution in [0.5, 0.6) is 0 Å². The smallest absolute Gasteiger partial charge is 0.0702 e. The van der Waals surface area contributed by atoms with E-state index in [1.807, 2.05) is 12.3 Å². The van der Waals surface area contributed by atoms with Crippen LogP contribution in [0, 0.1) is 5.92 Å². The Labute approximate surface area is 113 Å². The Balaban J connectivity index is 1.64. The summed E-state index contributed by atoms with van der Waals surface area (Å²) in [6.45, 7) is 2.03. The standard InChI is InChI=1S/C16H20N2O/c1-18(11-13-8-15(19)9-13)10-12-4-5-16-14(7-12)3-2-6-17-16/h2-7,13,15,19H,8-11H2,1H3. The molecule has 1 aromatic heterocycles. The van der Waals surface area contributed by atoms with E-state index in [9.17, 15) is 5.11 Å². The number of fused-ring (bicyclic) bond motifs is 1. The highest BCUT2D eigenvalue weighted by Gasteiger charge is 2.27. The van der Waals surface area contributed by atoms with Gasteiger partial charge in [0.05, 0.1) is 11.6 Å². The zero-order valence-corrected chi connectivity index (χ0v) is 11.3. The van der Waals surface area contributed by atoms with Crippen LogP contribution in [0.3, 0.4) is 0 Å². The van der Waals surface area contributed by atoms with Crippen molar-refractivity contribution in [2.45, 2.75) is 25.5 Å². The van der Waals surface area contributed by atoms with Gasteiger partial charge in [-0.15, -0.1) is 0 Å². The molecule has 0 radical (unpaired) electrons. The fourth-order valence-corrected chi connectivity index (χ4v) is 2.89. The first-order chi connectivity index (χ1) is 9.20. The molecule has 1 heterocycles. The molecule has 1 fully saturated rings. The zero-order chi connectivity index (χ0) is 13.2. The van der Waals surface area contributed by atoms with Crippen LogP contribution in [0.25, 0.3) is 10.9 Å². The second-order valence-electron chi connectivity index (χ2n) is 5.72. The fourth-order valence-electron chi connectivity index (χ4n) is 2.89. The quantitative estimate of drug-likeness (QED) is 0.912. The highest BCUT2D eigenvalue weighted by molar-refractivity contribution is 5.78. The first-order valence-corrected chi connectivity index (χ1v) is 6.91. The Kier molecular flexibility index (Phi) is 3.49. The average molecular weight is 256 g/mol. The molecule has 1 aliphatic rings. The fraction of sp³-hybridized carbons (Fsp3) is 0.438. The molecule has 3 rings (SSSR count). The van der Waals surface area contributed by atoms with Gasteiger partial charge in [0.15, 0.2) is 0 Å². The van der Waals surface area contributed by atoms with Crippen molar-refractivity contribution in [1.29, 1.82) is 0 Å². The van der Waals surface area contributed by atoms with Crippen LogP contribution in [0.15, 0.2) is 36.5 Å². The number of pyridine rings is 1. The molecule has 0 spiro atoms. The normalized spacial score (nSPS) is 22.7. The highest BCUT2D eigenvalue weighted by Crippen LogP contribution is 2.28. The molecule has 0 atom stereocenters. The summed E-state index contributed by atoms with van der Waals surface area (Å²) in [5, 5.41) is 10.5. The van der Waals surface area contributed by atoms with Crippen LogP contribution in [-0.2, 0) is 6.54 Å². The third kappa shape index (κ3) is 2.94. The van der Waals surface area contributed by atoms with E-state index in [0.29, 0.717) is 5.92 Å². The van der Waals surface area contributed by atoms with E-state index in [0.717, 1.165) is 31.4 Å². The van der Waals surface area contributed by atoms with Gasteiger partial charge < -0.3 is 10.0 Å². The predicted molar refractivity (Wildman–Crippen MR) is 76.8 cm³/mol. The molecule has 0 aliphatic heterocycles. The highest BCUT2D eigenvalue weighted by atomic mass is 16.3. The molecule has 0 amide bonds. The van der Waals surface area contributed by atoms with Crippen LogP contribution in [0.4, 0.5) is 0 Å². The zero-order valence-electron chi connectivity index (χ0n) is 11.3. The molecule has 3 heteroatoms. The van der Waals surface area contributed by atoms with Gasteiger partial charge in [-0.05, 0) is 49.6 Å². The van der Waals surface area contributed by atoms with Gasteiger partial charge in [0.25, 0.3) is 0 Å². The topological polar surface area (TPSA) is 36.4 Å². The minimum Gasteiger partial charge on any atom is -0.393 e. The van der Waals surface area contributed by atoms with Gasteiger partial charge in [-0.3, -0.25) is 4.98 Å². The van der Waals surface area contributed by atoms with Crippen molar-refractivity contribution in [3.8, 4) is 0 Å². The molecule has 2 aromatic rings. The Bertz CT molecular complexity index is 563. The van der Waals surface area contributed by atoms with E-state index >= 15 is 0 Å². The summed E-state index contributed by atoms with van der Waals surface area (Å²) in [6, 6.07) is 10.5. The lowest BCUT2D eigenvalue weighted by Gasteiger charge is -2.34. The maximum absolute atomic E-state index is 9.31. The number of aliphatic hydroxyl groups is 1. The molecule has 3 nitrogen and oxygen atoms in total. The van der Waals surface area contributed by atoms with Crippen molar-refractivity contribution in [3.05, 3.63) is 42.1 Å². The van der Waals surface area contributed by atoms with E-state index in [1.165, 1.54) is 10.9 Å². The van der Waals surface area contributed by atoms with Crippen LogP contribution < -0.4 is 0 Å². The molecule has 1 aliphatic carbocycles. The minimum absolute atomic E-state index is 0.0508. The first-order valence-electron chi connectivity index (χ1n) is 6.91. The largest absolute Gasteiger partial charge is 0.393 e. The summed E-state index contributed by atoms with van der Waals surface area (Å²) in [5.41, 5.74) is 2.37. The van der Waals surface area contributed by atoms with Crippen molar-refractivity contribution in [2.75, 3.05) is 13.6 Å². The van der Waals surface area contributed by atoms with Gasteiger partial charge in [0.1, 0.15) is 0 Å². The molecule has 19 heavy (non-hydrogen) atoms. The Morgan fingerprint density at radius 2 is 2.16 bits per heavy atom. The van der Waals surface area contributed by atoms with Crippen molar-refractivity contribution in [3.63, 3.8) is 0 Å². The van der Waals surface area contributed by atoms with Gasteiger partial charge in [-0.25, -0.2) is 0 Å². The summed E-state index contributed by atoms with van der Waals surface area (Å²) < 4.78 is 0. The van der Waals surface area contributed by atoms with Crippen LogP contribution in [0.1, 0.15) is 18.4 Å². The maximum Gasteiger partial charge on any atom is 0.0702 e. The number of rotatable bonds is 4. The third-order valence-electron chi connectivity index (χ3n) is 3.90. The van der Waals surface area contributed by atoms with Gasteiger partial charge in [-0.1, -0.05) is 12.1 Å². The van der Waals surface area contributed by atoms with Gasteiger partial charge >= 0.3 is 0 Å². The first kappa shape index (κ1) is 12.6. The molecule has 1 saturated carbocycles. The van der Waals surface area contributed by atoms with Crippen molar-refractivity contribution >= 4 is 10.9 Å². The molecular formula is C16H20N2O. The number of aromatic nitrogens is 1. The van der Waals surface area contributed by atoms with Crippen LogP contribution in [-0.4, -0.2) is 34.7 Å². The van der Waals surface area contributed by atoms with Gasteiger partial charge in [-0.2, -0.15) is 0 Å². The Morgan fingerprint density at radius 3 is 2.95 bits per heavy atom. The number of nitrogens with zero attached hydrogens (tertiary/aromatic N) is 2. The lowest BCUT2D eigenvalue weighted by Crippen LogP contribution is -2.36. The van der Waals surface area contributed by atoms with Gasteiger partial charge in [0.2, 0.25) is 0 Å². The molecule has 0 unspecified atom stereocenters. The Morgan fingerprint density at radius 1 is 1.32 bits per heavy atom. The lowest BCUT2D eigenvalue weighted by molar-refractivity contribution is 0.0274. The summed E-state index contributed by atoms with van der Waals surface area (Å²) in [5.74, 6) is 0.669. The molecule has 0 bridgehead atoms. The Hall–Kier alpha value is -1.45. The van der Waals surface area contributed by atoms with E-state index in [2.05, 4.69) is 41.2 Å². The summed E-state index contributed by atoms with van der Waals surface area (Å²) in [6.07, 6.45) is 3.71. The van der Waals surface area contributed by atoms with E-state index in [-0.39, 0.29) is 6.10 Å². The monoisotopic (exact) mass is 256 g/mol. The van der Waals surface area contributed by atoms with Crippen molar-refractivity contribution < 1.29 is 5.11 Å². The van der Waals surface area contributed by atoms with E-state index < -0.39 is 0 Å². The van der Waals surface area contributed by atoms with E-state index in [1.54, 1.807) is 0 Å². The maximum atomic E-state index is 9.31. The number of aliphatic hydroxyl groups excluding tert-OH is 1. The lowest BCUT2D eigenvalue weighted by atomic mass is 9.82. The third-order valence-corrected chi connectivity index (χ3v) is 3.90. The number of benzene rings is 1. The second kappa shape index (κ2) is 5.27. The van der Waals surface area contributed by atoms with Gasteiger partial charge in [0, 0.05) is 24.7 Å². The van der Waals surface area contributed by atoms with Crippen LogP contribution >= 0.6 is 0 Å². The molecule has 1 N–H and O–H groups in total. The molecule has 0 saturated heterocycles. The number of hydrogen-bond donors (Lipinski definition) is 1. The van der Waals surface area contributed by atoms with E-state index in [4.69, 9.17) is 0 Å². The summed E-state index contributed by atoms with van der Waals surface area (Å²) >= 11 is 0. The van der Waals surface area contributed by atoms with Crippen LogP contribution in [0.2, 0.25) is 0 Å². The van der Waals surface area contributed by atoms with Crippen molar-refractivity contribution in [2.24, 2.45) is 5.92 Å². The molecule has 1 aromatic carbocycles. The average Bonchev–Trinajstić information content (AvgIpc) is 2.37. The molecule has 100 valence electrons. The summed E-state index contributed by atoms with van der Waals surface area (Å²) in [7, 11) is 2.15. The SMILES string of the molecule is CN(Cc1ccc2ncccc2c1)CC1CC(O)C1. The summed E-state index contributed by atoms with van der Waals surface area (Å²) in [4.78, 5) is 6.68. The molecular weight excluding hydrogens is 236 g/mol. The predicted octanol–water partition coefficient (Wildman–Crippen LogP) is 2.44.